The molecule has 1 saturated heterocycles. The quantitative estimate of drug-likeness (QED) is 0.859. The van der Waals surface area contributed by atoms with Gasteiger partial charge in [-0.25, -0.2) is 0 Å². The van der Waals surface area contributed by atoms with Crippen molar-refractivity contribution in [2.75, 3.05) is 26.0 Å². The van der Waals surface area contributed by atoms with E-state index in [0.29, 0.717) is 16.4 Å². The van der Waals surface area contributed by atoms with E-state index in [4.69, 9.17) is 4.74 Å². The van der Waals surface area contributed by atoms with E-state index in [1.54, 1.807) is 7.11 Å². The fraction of sp³-hybridized carbons (Fsp3) is 0.421. The van der Waals surface area contributed by atoms with Gasteiger partial charge in [0.15, 0.2) is 0 Å². The van der Waals surface area contributed by atoms with Crippen LogP contribution in [0.2, 0.25) is 0 Å². The maximum Gasteiger partial charge on any atom is 0.232 e. The van der Waals surface area contributed by atoms with E-state index in [9.17, 15) is 14.9 Å². The Balaban J connectivity index is 1.84. The van der Waals surface area contributed by atoms with Crippen LogP contribution in [0.15, 0.2) is 34.9 Å². The number of hydrogen-bond donors (Lipinski definition) is 1. The molecule has 2 amide bonds. The van der Waals surface area contributed by atoms with Crippen molar-refractivity contribution in [3.8, 4) is 11.8 Å². The van der Waals surface area contributed by atoms with Crippen LogP contribution in [0.5, 0.6) is 5.75 Å². The smallest absolute Gasteiger partial charge is 0.232 e. The zero-order valence-electron chi connectivity index (χ0n) is 14.7. The Morgan fingerprint density at radius 2 is 2.12 bits per heavy atom. The first-order valence-electron chi connectivity index (χ1n) is 8.61. The minimum atomic E-state index is -0.366. The van der Waals surface area contributed by atoms with Crippen LogP contribution in [-0.4, -0.2) is 42.7 Å². The number of nitrogens with one attached hydrogen (secondary N) is 1. The highest BCUT2D eigenvalue weighted by molar-refractivity contribution is 8.03. The van der Waals surface area contributed by atoms with Gasteiger partial charge in [-0.2, -0.15) is 5.26 Å². The van der Waals surface area contributed by atoms with Crippen LogP contribution in [-0.2, 0) is 9.59 Å². The Morgan fingerprint density at radius 1 is 1.38 bits per heavy atom. The van der Waals surface area contributed by atoms with E-state index in [0.717, 1.165) is 31.5 Å². The predicted molar refractivity (Wildman–Crippen MR) is 99.4 cm³/mol. The van der Waals surface area contributed by atoms with Crippen LogP contribution in [0.3, 0.4) is 0 Å². The summed E-state index contributed by atoms with van der Waals surface area (Å²) in [7, 11) is 1.57. The van der Waals surface area contributed by atoms with Gasteiger partial charge in [0.2, 0.25) is 11.8 Å². The standard InChI is InChI=1S/C19H21N3O3S/c1-25-16-7-3-2-6-13(16)14-10-17(23)21-19(15(14)11-20)26-12-18(24)22-8-4-5-9-22/h2-3,6-7,14H,4-5,8-10,12H2,1H3,(H,21,23)/t14-/m0/s1. The third-order valence-electron chi connectivity index (χ3n) is 4.67. The van der Waals surface area contributed by atoms with Gasteiger partial charge >= 0.3 is 0 Å². The van der Waals surface area contributed by atoms with Crippen LogP contribution < -0.4 is 10.1 Å². The summed E-state index contributed by atoms with van der Waals surface area (Å²) in [5, 5.41) is 13.0. The molecule has 1 fully saturated rings. The number of para-hydroxylation sites is 1. The molecule has 2 aliphatic heterocycles. The van der Waals surface area contributed by atoms with Gasteiger partial charge in [-0.1, -0.05) is 30.0 Å². The first-order chi connectivity index (χ1) is 12.6. The summed E-state index contributed by atoms with van der Waals surface area (Å²) in [6.45, 7) is 1.58. The SMILES string of the molecule is COc1ccccc1[C@@H]1CC(=O)NC(SCC(=O)N2CCCC2)=C1C#N. The number of carbonyl (C=O) groups excluding carboxylic acids is 2. The molecule has 136 valence electrons. The van der Waals surface area contributed by atoms with Crippen LogP contribution in [0.25, 0.3) is 0 Å². The second-order valence-electron chi connectivity index (χ2n) is 6.28. The molecule has 0 spiro atoms. The van der Waals surface area contributed by atoms with Crippen molar-refractivity contribution in [1.82, 2.24) is 10.2 Å². The summed E-state index contributed by atoms with van der Waals surface area (Å²) in [6.07, 6.45) is 2.26. The number of methoxy groups -OCH3 is 1. The molecule has 26 heavy (non-hydrogen) atoms. The number of carbonyl (C=O) groups is 2. The van der Waals surface area contributed by atoms with Crippen molar-refractivity contribution in [3.05, 3.63) is 40.4 Å². The van der Waals surface area contributed by atoms with E-state index in [2.05, 4.69) is 11.4 Å². The number of benzene rings is 1. The summed E-state index contributed by atoms with van der Waals surface area (Å²) in [5.41, 5.74) is 1.29. The number of hydrogen-bond acceptors (Lipinski definition) is 5. The first kappa shape index (κ1) is 18.3. The molecule has 6 nitrogen and oxygen atoms in total. The summed E-state index contributed by atoms with van der Waals surface area (Å²) >= 11 is 1.23. The summed E-state index contributed by atoms with van der Waals surface area (Å²) in [4.78, 5) is 26.3. The summed E-state index contributed by atoms with van der Waals surface area (Å²) in [5.74, 6) is 0.396. The molecule has 1 aromatic rings. The van der Waals surface area contributed by atoms with Crippen molar-refractivity contribution in [3.63, 3.8) is 0 Å². The van der Waals surface area contributed by atoms with Gasteiger partial charge in [0, 0.05) is 31.0 Å². The molecule has 0 saturated carbocycles. The molecule has 2 heterocycles. The van der Waals surface area contributed by atoms with Gasteiger partial charge in [0.25, 0.3) is 0 Å². The Labute approximate surface area is 157 Å². The molecule has 1 atom stereocenters. The van der Waals surface area contributed by atoms with Crippen LogP contribution >= 0.6 is 11.8 Å². The number of rotatable bonds is 5. The van der Waals surface area contributed by atoms with Gasteiger partial charge < -0.3 is 15.0 Å². The number of nitrogens with zero attached hydrogens (tertiary/aromatic N) is 2. The normalized spacial score (nSPS) is 19.9. The third kappa shape index (κ3) is 3.86. The molecule has 3 rings (SSSR count). The van der Waals surface area contributed by atoms with E-state index in [-0.39, 0.29) is 29.9 Å². The molecule has 0 aliphatic carbocycles. The molecule has 2 aliphatic rings. The van der Waals surface area contributed by atoms with Gasteiger partial charge in [-0.3, -0.25) is 9.59 Å². The third-order valence-corrected chi connectivity index (χ3v) is 5.67. The van der Waals surface area contributed by atoms with Crippen molar-refractivity contribution >= 4 is 23.6 Å². The molecule has 0 radical (unpaired) electrons. The fourth-order valence-electron chi connectivity index (χ4n) is 3.34. The van der Waals surface area contributed by atoms with Crippen LogP contribution in [0.4, 0.5) is 0 Å². The van der Waals surface area contributed by atoms with Gasteiger partial charge in [0.1, 0.15) is 5.75 Å². The van der Waals surface area contributed by atoms with E-state index < -0.39 is 0 Å². The summed E-state index contributed by atoms with van der Waals surface area (Å²) < 4.78 is 5.40. The van der Waals surface area contributed by atoms with E-state index in [1.807, 2.05) is 29.2 Å². The zero-order chi connectivity index (χ0) is 18.5. The largest absolute Gasteiger partial charge is 0.496 e. The average molecular weight is 371 g/mol. The molecule has 7 heteroatoms. The topological polar surface area (TPSA) is 82.4 Å². The lowest BCUT2D eigenvalue weighted by Gasteiger charge is -2.26. The van der Waals surface area contributed by atoms with Crippen LogP contribution in [0.1, 0.15) is 30.7 Å². The van der Waals surface area contributed by atoms with E-state index in [1.165, 1.54) is 11.8 Å². The minimum absolute atomic E-state index is 0.0472. The maximum atomic E-state index is 12.3. The number of ether oxygens (including phenoxy) is 1. The minimum Gasteiger partial charge on any atom is -0.496 e. The Kier molecular flexibility index (Phi) is 5.84. The zero-order valence-corrected chi connectivity index (χ0v) is 15.5. The number of amides is 2. The number of thioether (sulfide) groups is 1. The number of allylic oxidation sites excluding steroid dienone is 1. The second kappa shape index (κ2) is 8.28. The number of likely N-dealkylation sites (tertiary alicyclic amines) is 1. The fourth-order valence-corrected chi connectivity index (χ4v) is 4.32. The molecular weight excluding hydrogens is 350 g/mol. The first-order valence-corrected chi connectivity index (χ1v) is 9.60. The van der Waals surface area contributed by atoms with Gasteiger partial charge in [0.05, 0.1) is 29.5 Å². The second-order valence-corrected chi connectivity index (χ2v) is 7.26. The van der Waals surface area contributed by atoms with Gasteiger partial charge in [-0.15, -0.1) is 0 Å². The molecular formula is C19H21N3O3S. The van der Waals surface area contributed by atoms with Crippen molar-refractivity contribution < 1.29 is 14.3 Å². The molecule has 1 N–H and O–H groups in total. The monoisotopic (exact) mass is 371 g/mol. The molecule has 1 aromatic carbocycles. The van der Waals surface area contributed by atoms with Crippen molar-refractivity contribution in [2.45, 2.75) is 25.2 Å². The maximum absolute atomic E-state index is 12.3. The Hall–Kier alpha value is -2.46. The summed E-state index contributed by atoms with van der Waals surface area (Å²) in [6, 6.07) is 9.64. The number of nitriles is 1. The lowest BCUT2D eigenvalue weighted by atomic mass is 9.86. The highest BCUT2D eigenvalue weighted by atomic mass is 32.2. The van der Waals surface area contributed by atoms with Crippen molar-refractivity contribution in [1.29, 1.82) is 5.26 Å². The lowest BCUT2D eigenvalue weighted by Crippen LogP contribution is -2.33. The molecule has 0 unspecified atom stereocenters. The highest BCUT2D eigenvalue weighted by Crippen LogP contribution is 2.39. The van der Waals surface area contributed by atoms with Crippen LogP contribution in [0, 0.1) is 11.3 Å². The highest BCUT2D eigenvalue weighted by Gasteiger charge is 2.32. The van der Waals surface area contributed by atoms with Crippen molar-refractivity contribution in [2.24, 2.45) is 0 Å². The predicted octanol–water partition coefficient (Wildman–Crippen LogP) is 2.39. The molecule has 0 bridgehead atoms. The Bertz CT molecular complexity index is 778. The Morgan fingerprint density at radius 3 is 2.81 bits per heavy atom. The average Bonchev–Trinajstić information content (AvgIpc) is 3.20. The van der Waals surface area contributed by atoms with E-state index >= 15 is 0 Å². The van der Waals surface area contributed by atoms with Gasteiger partial charge in [-0.05, 0) is 18.9 Å². The molecule has 0 aromatic heterocycles. The lowest BCUT2D eigenvalue weighted by molar-refractivity contribution is -0.127.